The van der Waals surface area contributed by atoms with Crippen LogP contribution >= 0.6 is 0 Å². The largest absolute Gasteiger partial charge is 0.324 e. The van der Waals surface area contributed by atoms with Gasteiger partial charge in [-0.15, -0.1) is 0 Å². The summed E-state index contributed by atoms with van der Waals surface area (Å²) in [5.41, 5.74) is 2.94. The van der Waals surface area contributed by atoms with Gasteiger partial charge in [0.2, 0.25) is 0 Å². The molecule has 0 saturated carbocycles. The maximum atomic E-state index is 2.25. The van der Waals surface area contributed by atoms with Gasteiger partial charge < -0.3 is 4.90 Å². The summed E-state index contributed by atoms with van der Waals surface area (Å²) in [6.45, 7) is 6.69. The Kier molecular flexibility index (Phi) is 1.69. The zero-order valence-electron chi connectivity index (χ0n) is 8.41. The van der Waals surface area contributed by atoms with E-state index in [1.807, 2.05) is 0 Å². The second-order valence-corrected chi connectivity index (χ2v) is 4.16. The number of nitrogens with zero attached hydrogens (tertiary/aromatic N) is 1. The molecule has 0 amide bonds. The van der Waals surface area contributed by atoms with E-state index in [4.69, 9.17) is 0 Å². The Balaban J connectivity index is 2.48. The van der Waals surface area contributed by atoms with Gasteiger partial charge in [-0.3, -0.25) is 0 Å². The van der Waals surface area contributed by atoms with E-state index >= 15 is 0 Å². The van der Waals surface area contributed by atoms with Crippen LogP contribution in [-0.4, -0.2) is 4.90 Å². The summed E-state index contributed by atoms with van der Waals surface area (Å²) < 4.78 is 0. The molecular weight excluding hydrogens is 158 g/mol. The minimum absolute atomic E-state index is 0.196. The molecule has 68 valence electrons. The van der Waals surface area contributed by atoms with Gasteiger partial charge in [0.25, 0.3) is 0 Å². The van der Waals surface area contributed by atoms with E-state index in [9.17, 15) is 0 Å². The van der Waals surface area contributed by atoms with Gasteiger partial charge in [0, 0.05) is 23.5 Å². The van der Waals surface area contributed by atoms with Crippen molar-refractivity contribution in [3.8, 4) is 0 Å². The fourth-order valence-electron chi connectivity index (χ4n) is 1.63. The van der Waals surface area contributed by atoms with Crippen LogP contribution in [0.1, 0.15) is 20.8 Å². The molecule has 13 heavy (non-hydrogen) atoms. The van der Waals surface area contributed by atoms with E-state index < -0.39 is 0 Å². The molecule has 0 unspecified atom stereocenters. The van der Waals surface area contributed by atoms with Gasteiger partial charge in [0.15, 0.2) is 0 Å². The normalized spacial score (nSPS) is 23.8. The predicted octanol–water partition coefficient (Wildman–Crippen LogP) is 3.20. The first-order chi connectivity index (χ1) is 6.11. The molecule has 0 spiro atoms. The molecule has 0 saturated heterocycles. The minimum Gasteiger partial charge on any atom is -0.324 e. The maximum absolute atomic E-state index is 2.25. The van der Waals surface area contributed by atoms with Crippen molar-refractivity contribution in [3.63, 3.8) is 0 Å². The van der Waals surface area contributed by atoms with E-state index in [0.29, 0.717) is 0 Å². The molecule has 1 heteroatoms. The number of fused-ring (bicyclic) bond motifs is 1. The van der Waals surface area contributed by atoms with Gasteiger partial charge in [-0.25, -0.2) is 0 Å². The summed E-state index contributed by atoms with van der Waals surface area (Å²) in [7, 11) is 0. The summed E-state index contributed by atoms with van der Waals surface area (Å²) in [5.74, 6) is 0. The van der Waals surface area contributed by atoms with Gasteiger partial charge in [-0.1, -0.05) is 26.0 Å². The van der Waals surface area contributed by atoms with Crippen LogP contribution in [0.4, 0.5) is 0 Å². The molecule has 0 fully saturated rings. The molecule has 1 nitrogen and oxygen atoms in total. The third kappa shape index (κ3) is 1.24. The van der Waals surface area contributed by atoms with Crippen molar-refractivity contribution in [1.82, 2.24) is 4.90 Å². The highest BCUT2D eigenvalue weighted by atomic mass is 15.1. The molecule has 0 N–H and O–H groups in total. The van der Waals surface area contributed by atoms with Crippen LogP contribution in [0.25, 0.3) is 0 Å². The summed E-state index contributed by atoms with van der Waals surface area (Å²) in [6.07, 6.45) is 12.8. The predicted molar refractivity (Wildman–Crippen MR) is 55.7 cm³/mol. The summed E-state index contributed by atoms with van der Waals surface area (Å²) in [5, 5.41) is 0. The van der Waals surface area contributed by atoms with Crippen LogP contribution in [0.5, 0.6) is 0 Å². The van der Waals surface area contributed by atoms with Crippen LogP contribution in [0.3, 0.4) is 0 Å². The summed E-state index contributed by atoms with van der Waals surface area (Å²) in [6, 6.07) is 0. The highest BCUT2D eigenvalue weighted by Gasteiger charge is 2.25. The average Bonchev–Trinajstić information content (AvgIpc) is 2.13. The van der Waals surface area contributed by atoms with E-state index in [2.05, 4.69) is 62.4 Å². The molecule has 2 heterocycles. The van der Waals surface area contributed by atoms with Crippen LogP contribution in [0, 0.1) is 5.41 Å². The smallest absolute Gasteiger partial charge is 0.0446 e. The third-order valence-corrected chi connectivity index (χ3v) is 2.89. The topological polar surface area (TPSA) is 3.24 Å². The molecule has 0 aromatic carbocycles. The highest BCUT2D eigenvalue weighted by molar-refractivity contribution is 5.40. The van der Waals surface area contributed by atoms with E-state index in [1.54, 1.807) is 0 Å². The second kappa shape index (κ2) is 2.63. The number of rotatable bonds is 0. The highest BCUT2D eigenvalue weighted by Crippen LogP contribution is 2.36. The molecule has 0 atom stereocenters. The molecule has 0 aromatic heterocycles. The summed E-state index contributed by atoms with van der Waals surface area (Å²) in [4.78, 5) is 2.17. The van der Waals surface area contributed by atoms with Crippen molar-refractivity contribution >= 4 is 0 Å². The Morgan fingerprint density at radius 3 is 2.69 bits per heavy atom. The Morgan fingerprint density at radius 2 is 1.92 bits per heavy atom. The Bertz CT molecular complexity index is 340. The average molecular weight is 173 g/mol. The zero-order valence-corrected chi connectivity index (χ0v) is 8.41. The number of hydrogen-bond donors (Lipinski definition) is 0. The van der Waals surface area contributed by atoms with Gasteiger partial charge in [0.1, 0.15) is 0 Å². The first-order valence-electron chi connectivity index (χ1n) is 4.65. The Labute approximate surface area is 79.7 Å². The van der Waals surface area contributed by atoms with Crippen molar-refractivity contribution in [2.75, 3.05) is 0 Å². The second-order valence-electron chi connectivity index (χ2n) is 4.16. The van der Waals surface area contributed by atoms with E-state index in [0.717, 1.165) is 0 Å². The first kappa shape index (κ1) is 8.36. The molecule has 0 radical (unpaired) electrons. The van der Waals surface area contributed by atoms with Gasteiger partial charge in [0.05, 0.1) is 0 Å². The number of hydrogen-bond acceptors (Lipinski definition) is 1. The quantitative estimate of drug-likeness (QED) is 0.543. The van der Waals surface area contributed by atoms with Crippen molar-refractivity contribution in [2.24, 2.45) is 5.41 Å². The van der Waals surface area contributed by atoms with Gasteiger partial charge >= 0.3 is 0 Å². The van der Waals surface area contributed by atoms with Gasteiger partial charge in [-0.05, 0) is 24.6 Å². The van der Waals surface area contributed by atoms with Crippen LogP contribution < -0.4 is 0 Å². The Hall–Kier alpha value is -1.24. The van der Waals surface area contributed by atoms with Crippen LogP contribution in [0.15, 0.2) is 48.0 Å². The molecule has 2 aliphatic heterocycles. The standard InChI is InChI=1S/C12H15N/c1-10-11-6-4-5-8-13(11)9-7-12(10,2)3/h4-9H,1-3H3. The maximum Gasteiger partial charge on any atom is 0.0446 e. The third-order valence-electron chi connectivity index (χ3n) is 2.89. The van der Waals surface area contributed by atoms with Crippen molar-refractivity contribution < 1.29 is 0 Å². The molecule has 2 rings (SSSR count). The fraction of sp³-hybridized carbons (Fsp3) is 0.333. The first-order valence-corrected chi connectivity index (χ1v) is 4.65. The molecule has 2 aliphatic rings. The van der Waals surface area contributed by atoms with Crippen molar-refractivity contribution in [2.45, 2.75) is 20.8 Å². The van der Waals surface area contributed by atoms with E-state index in [-0.39, 0.29) is 5.41 Å². The lowest BCUT2D eigenvalue weighted by Crippen LogP contribution is -2.23. The van der Waals surface area contributed by atoms with E-state index in [1.165, 1.54) is 11.3 Å². The van der Waals surface area contributed by atoms with Crippen LogP contribution in [0.2, 0.25) is 0 Å². The lowest BCUT2D eigenvalue weighted by Gasteiger charge is -2.34. The SMILES string of the molecule is CC1=C2C=CC=CN2C=CC1(C)C. The monoisotopic (exact) mass is 173 g/mol. The summed E-state index contributed by atoms with van der Waals surface area (Å²) >= 11 is 0. The van der Waals surface area contributed by atoms with Crippen molar-refractivity contribution in [1.29, 1.82) is 0 Å². The molecular formula is C12H15N. The zero-order chi connectivity index (χ0) is 9.47. The van der Waals surface area contributed by atoms with Crippen LogP contribution in [-0.2, 0) is 0 Å². The van der Waals surface area contributed by atoms with Gasteiger partial charge in [-0.2, -0.15) is 0 Å². The molecule has 0 aliphatic carbocycles. The number of allylic oxidation sites excluding steroid dienone is 5. The fourth-order valence-corrected chi connectivity index (χ4v) is 1.63. The lowest BCUT2D eigenvalue weighted by atomic mass is 9.81. The molecule has 0 bridgehead atoms. The molecule has 0 aromatic rings. The lowest BCUT2D eigenvalue weighted by molar-refractivity contribution is 0.494. The minimum atomic E-state index is 0.196. The Morgan fingerprint density at radius 1 is 1.15 bits per heavy atom. The van der Waals surface area contributed by atoms with Crippen molar-refractivity contribution in [3.05, 3.63) is 48.0 Å².